The van der Waals surface area contributed by atoms with Crippen LogP contribution in [0.2, 0.25) is 5.02 Å². The lowest BCUT2D eigenvalue weighted by Gasteiger charge is -2.06. The molecule has 3 rings (SSSR count). The summed E-state index contributed by atoms with van der Waals surface area (Å²) in [6.45, 7) is -0.554. The normalized spacial score (nSPS) is 10.4. The van der Waals surface area contributed by atoms with Crippen LogP contribution in [0, 0.1) is 10.1 Å². The number of nitrogens with one attached hydrogen (secondary N) is 1. The lowest BCUT2D eigenvalue weighted by Crippen LogP contribution is -2.21. The molecule has 3 aromatic rings. The topological polar surface area (TPSA) is 111 Å². The Bertz CT molecular complexity index is 1000. The van der Waals surface area contributed by atoms with Gasteiger partial charge in [0.05, 0.1) is 9.80 Å². The first kappa shape index (κ1) is 19.0. The Kier molecular flexibility index (Phi) is 5.79. The number of aromatic nitrogens is 1. The van der Waals surface area contributed by atoms with E-state index in [1.165, 1.54) is 34.8 Å². The molecule has 1 amide bonds. The number of hydrogen-bond acceptors (Lipinski definition) is 8. The van der Waals surface area contributed by atoms with Gasteiger partial charge in [-0.15, -0.1) is 22.7 Å². The summed E-state index contributed by atoms with van der Waals surface area (Å²) < 4.78 is 4.93. The minimum Gasteiger partial charge on any atom is -0.451 e. The maximum absolute atomic E-state index is 12.0. The van der Waals surface area contributed by atoms with E-state index < -0.39 is 23.4 Å². The zero-order valence-corrected chi connectivity index (χ0v) is 15.8. The van der Waals surface area contributed by atoms with Gasteiger partial charge in [-0.1, -0.05) is 17.7 Å². The van der Waals surface area contributed by atoms with Crippen molar-refractivity contribution in [2.24, 2.45) is 0 Å². The zero-order valence-electron chi connectivity index (χ0n) is 13.4. The van der Waals surface area contributed by atoms with Gasteiger partial charge in [0.15, 0.2) is 12.3 Å². The Morgan fingerprint density at radius 3 is 2.81 bits per heavy atom. The number of thiophene rings is 1. The Morgan fingerprint density at radius 2 is 2.11 bits per heavy atom. The first-order chi connectivity index (χ1) is 12.9. The predicted molar refractivity (Wildman–Crippen MR) is 102 cm³/mol. The molecular weight excluding hydrogens is 414 g/mol. The largest absolute Gasteiger partial charge is 0.451 e. The predicted octanol–water partition coefficient (Wildman–Crippen LogP) is 4.23. The van der Waals surface area contributed by atoms with E-state index in [1.54, 1.807) is 5.38 Å². The van der Waals surface area contributed by atoms with Crippen LogP contribution in [0.1, 0.15) is 10.5 Å². The fraction of sp³-hybridized carbons (Fsp3) is 0.0625. The highest BCUT2D eigenvalue weighted by Crippen LogP contribution is 2.28. The molecular formula is C16H10ClN3O5S2. The van der Waals surface area contributed by atoms with Gasteiger partial charge in [0.25, 0.3) is 11.6 Å². The van der Waals surface area contributed by atoms with Crippen LogP contribution < -0.4 is 5.32 Å². The maximum Gasteiger partial charge on any atom is 0.358 e. The fourth-order valence-corrected chi connectivity index (χ4v) is 3.80. The number of nitro benzene ring substituents is 1. The van der Waals surface area contributed by atoms with E-state index in [4.69, 9.17) is 16.3 Å². The molecule has 0 saturated heterocycles. The minimum atomic E-state index is -0.730. The number of amides is 1. The summed E-state index contributed by atoms with van der Waals surface area (Å²) in [6.07, 6.45) is 0. The van der Waals surface area contributed by atoms with Gasteiger partial charge in [-0.25, -0.2) is 9.78 Å². The molecule has 138 valence electrons. The van der Waals surface area contributed by atoms with Crippen LogP contribution in [0.15, 0.2) is 41.1 Å². The third-order valence-corrected chi connectivity index (χ3v) is 5.41. The molecule has 0 spiro atoms. The second-order valence-electron chi connectivity index (χ2n) is 5.06. The average molecular weight is 424 g/mol. The molecule has 1 N–H and O–H groups in total. The minimum absolute atomic E-state index is 0.0468. The van der Waals surface area contributed by atoms with E-state index in [0.717, 1.165) is 10.9 Å². The summed E-state index contributed by atoms with van der Waals surface area (Å²) in [5.41, 5.74) is -0.0610. The zero-order chi connectivity index (χ0) is 19.4. The molecule has 8 nitrogen and oxygen atoms in total. The number of carbonyl (C=O) groups excluding carboxylic acids is 2. The Hall–Kier alpha value is -2.82. The number of esters is 1. The molecule has 0 fully saturated rings. The van der Waals surface area contributed by atoms with Crippen molar-refractivity contribution >= 4 is 57.5 Å². The van der Waals surface area contributed by atoms with Gasteiger partial charge < -0.3 is 10.1 Å². The third-order valence-electron chi connectivity index (χ3n) is 3.21. The molecule has 0 bridgehead atoms. The molecule has 1 aromatic carbocycles. The quantitative estimate of drug-likeness (QED) is 0.360. The lowest BCUT2D eigenvalue weighted by atomic mass is 10.3. The number of halogens is 1. The second-order valence-corrected chi connectivity index (χ2v) is 7.28. The number of ether oxygens (including phenoxy) is 1. The smallest absolute Gasteiger partial charge is 0.358 e. The molecule has 2 aromatic heterocycles. The van der Waals surface area contributed by atoms with Crippen molar-refractivity contribution in [1.29, 1.82) is 0 Å². The van der Waals surface area contributed by atoms with E-state index >= 15 is 0 Å². The van der Waals surface area contributed by atoms with Gasteiger partial charge in [-0.05, 0) is 23.6 Å². The summed E-state index contributed by atoms with van der Waals surface area (Å²) in [4.78, 5) is 39.2. The monoisotopic (exact) mass is 423 g/mol. The Balaban J connectivity index is 1.57. The summed E-state index contributed by atoms with van der Waals surface area (Å²) in [6, 6.07) is 7.59. The number of benzene rings is 1. The summed E-state index contributed by atoms with van der Waals surface area (Å²) in [5, 5.41) is 17.4. The van der Waals surface area contributed by atoms with Gasteiger partial charge in [0, 0.05) is 17.1 Å². The van der Waals surface area contributed by atoms with Crippen molar-refractivity contribution in [2.75, 3.05) is 11.9 Å². The average Bonchev–Trinajstić information content (AvgIpc) is 3.32. The molecule has 0 aliphatic carbocycles. The number of nitrogens with zero attached hydrogens (tertiary/aromatic N) is 2. The van der Waals surface area contributed by atoms with Crippen molar-refractivity contribution in [3.8, 4) is 9.88 Å². The fourth-order valence-electron chi connectivity index (χ4n) is 2.01. The molecule has 0 atom stereocenters. The molecule has 0 saturated carbocycles. The Morgan fingerprint density at radius 1 is 1.30 bits per heavy atom. The first-order valence-electron chi connectivity index (χ1n) is 7.34. The molecule has 2 heterocycles. The highest BCUT2D eigenvalue weighted by atomic mass is 35.5. The van der Waals surface area contributed by atoms with E-state index in [-0.39, 0.29) is 22.1 Å². The second kappa shape index (κ2) is 8.25. The Labute approximate surface area is 165 Å². The molecule has 0 unspecified atom stereocenters. The van der Waals surface area contributed by atoms with Crippen molar-refractivity contribution in [3.05, 3.63) is 61.9 Å². The van der Waals surface area contributed by atoms with Crippen molar-refractivity contribution in [3.63, 3.8) is 0 Å². The number of nitro groups is 1. The van der Waals surface area contributed by atoms with Crippen molar-refractivity contribution < 1.29 is 19.2 Å². The van der Waals surface area contributed by atoms with Crippen molar-refractivity contribution in [2.45, 2.75) is 0 Å². The maximum atomic E-state index is 12.0. The number of hydrogen-bond donors (Lipinski definition) is 1. The molecule has 27 heavy (non-hydrogen) atoms. The van der Waals surface area contributed by atoms with E-state index in [0.29, 0.717) is 5.01 Å². The number of thiazole rings is 1. The van der Waals surface area contributed by atoms with Gasteiger partial charge in [-0.2, -0.15) is 0 Å². The van der Waals surface area contributed by atoms with Gasteiger partial charge >= 0.3 is 5.97 Å². The molecule has 0 aliphatic rings. The highest BCUT2D eigenvalue weighted by Gasteiger charge is 2.17. The molecule has 0 aliphatic heterocycles. The SMILES string of the molecule is O=C(COC(=O)c1csc(-c2cccs2)n1)Nc1ccc(Cl)c([N+](=O)[O-])c1. The van der Waals surface area contributed by atoms with Crippen LogP contribution in [0.4, 0.5) is 11.4 Å². The summed E-state index contributed by atoms with van der Waals surface area (Å²) >= 11 is 8.51. The lowest BCUT2D eigenvalue weighted by molar-refractivity contribution is -0.384. The van der Waals surface area contributed by atoms with E-state index in [1.807, 2.05) is 17.5 Å². The van der Waals surface area contributed by atoms with Crippen LogP contribution in [-0.4, -0.2) is 28.4 Å². The summed E-state index contributed by atoms with van der Waals surface area (Å²) in [7, 11) is 0. The van der Waals surface area contributed by atoms with Crippen molar-refractivity contribution in [1.82, 2.24) is 4.98 Å². The van der Waals surface area contributed by atoms with Gasteiger partial charge in [-0.3, -0.25) is 14.9 Å². The van der Waals surface area contributed by atoms with Crippen LogP contribution in [0.5, 0.6) is 0 Å². The van der Waals surface area contributed by atoms with Crippen LogP contribution in [0.25, 0.3) is 9.88 Å². The first-order valence-corrected chi connectivity index (χ1v) is 9.48. The molecule has 11 heteroatoms. The van der Waals surface area contributed by atoms with Gasteiger partial charge in [0.1, 0.15) is 10.0 Å². The van der Waals surface area contributed by atoms with Crippen LogP contribution in [0.3, 0.4) is 0 Å². The number of carbonyl (C=O) groups is 2. The van der Waals surface area contributed by atoms with Gasteiger partial charge in [0.2, 0.25) is 0 Å². The summed E-state index contributed by atoms with van der Waals surface area (Å²) in [5.74, 6) is -1.38. The highest BCUT2D eigenvalue weighted by molar-refractivity contribution is 7.20. The number of rotatable bonds is 6. The van der Waals surface area contributed by atoms with Crippen LogP contribution in [-0.2, 0) is 9.53 Å². The molecule has 0 radical (unpaired) electrons. The third kappa shape index (κ3) is 4.67. The van der Waals surface area contributed by atoms with E-state index in [2.05, 4.69) is 10.3 Å². The standard InChI is InChI=1S/C16H10ClN3O5S2/c17-10-4-3-9(6-12(10)20(23)24)18-14(21)7-25-16(22)11-8-27-15(19-11)13-2-1-5-26-13/h1-6,8H,7H2,(H,18,21). The number of anilines is 1. The van der Waals surface area contributed by atoms with E-state index in [9.17, 15) is 19.7 Å². The van der Waals surface area contributed by atoms with Crippen LogP contribution >= 0.6 is 34.3 Å².